The summed E-state index contributed by atoms with van der Waals surface area (Å²) >= 11 is 0. The van der Waals surface area contributed by atoms with Crippen LogP contribution in [0.25, 0.3) is 10.4 Å². The van der Waals surface area contributed by atoms with Crippen molar-refractivity contribution in [3.8, 4) is 0 Å². The molecule has 0 aromatic heterocycles. The Labute approximate surface area is 93.1 Å². The van der Waals surface area contributed by atoms with Crippen molar-refractivity contribution in [3.63, 3.8) is 0 Å². The molecule has 1 aliphatic rings. The number of rotatable bonds is 4. The van der Waals surface area contributed by atoms with E-state index in [0.29, 0.717) is 18.2 Å². The molecule has 1 aromatic carbocycles. The molecular weight excluding hydrogens is 204 g/mol. The summed E-state index contributed by atoms with van der Waals surface area (Å²) in [7, 11) is 0. The first-order valence-electron chi connectivity index (χ1n) is 5.21. The predicted molar refractivity (Wildman–Crippen MR) is 60.1 cm³/mol. The summed E-state index contributed by atoms with van der Waals surface area (Å²) in [5, 5.41) is 6.39. The fourth-order valence-corrected chi connectivity index (χ4v) is 1.42. The van der Waals surface area contributed by atoms with Gasteiger partial charge in [-0.2, -0.15) is 0 Å². The number of hydrogen-bond donors (Lipinski definition) is 1. The van der Waals surface area contributed by atoms with Crippen molar-refractivity contribution in [3.05, 3.63) is 40.3 Å². The Bertz CT molecular complexity index is 430. The summed E-state index contributed by atoms with van der Waals surface area (Å²) in [6.07, 6.45) is 2.58. The summed E-state index contributed by atoms with van der Waals surface area (Å²) in [5.41, 5.74) is 9.72. The monoisotopic (exact) mass is 216 g/mol. The second-order valence-electron chi connectivity index (χ2n) is 3.87. The lowest BCUT2D eigenvalue weighted by molar-refractivity contribution is -0.120. The Morgan fingerprint density at radius 2 is 2.12 bits per heavy atom. The molecule has 0 spiro atoms. The smallest absolute Gasteiger partial charge is 0.224 e. The topological polar surface area (TPSA) is 77.9 Å². The second kappa shape index (κ2) is 4.68. The van der Waals surface area contributed by atoms with E-state index in [4.69, 9.17) is 5.53 Å². The van der Waals surface area contributed by atoms with Crippen LogP contribution in [0.5, 0.6) is 0 Å². The zero-order valence-corrected chi connectivity index (χ0v) is 8.76. The van der Waals surface area contributed by atoms with Crippen LogP contribution in [0, 0.1) is 0 Å². The first-order chi connectivity index (χ1) is 7.78. The van der Waals surface area contributed by atoms with Crippen molar-refractivity contribution < 1.29 is 4.79 Å². The van der Waals surface area contributed by atoms with Gasteiger partial charge in [-0.1, -0.05) is 29.4 Å². The van der Waals surface area contributed by atoms with Gasteiger partial charge in [0.05, 0.1) is 6.42 Å². The number of carbonyl (C=O) groups is 1. The largest absolute Gasteiger partial charge is 0.353 e. The fourth-order valence-electron chi connectivity index (χ4n) is 1.42. The van der Waals surface area contributed by atoms with Gasteiger partial charge in [0.15, 0.2) is 0 Å². The number of azide groups is 1. The van der Waals surface area contributed by atoms with Crippen LogP contribution in [0.2, 0.25) is 0 Å². The Kier molecular flexibility index (Phi) is 3.08. The van der Waals surface area contributed by atoms with Gasteiger partial charge in [0, 0.05) is 16.6 Å². The number of nitrogens with zero attached hydrogens (tertiary/aromatic N) is 3. The van der Waals surface area contributed by atoms with Gasteiger partial charge in [-0.05, 0) is 23.9 Å². The summed E-state index contributed by atoms with van der Waals surface area (Å²) in [5.74, 6) is 0.0547. The molecule has 0 bridgehead atoms. The van der Waals surface area contributed by atoms with Crippen molar-refractivity contribution in [1.29, 1.82) is 0 Å². The number of benzene rings is 1. The van der Waals surface area contributed by atoms with E-state index in [2.05, 4.69) is 15.3 Å². The van der Waals surface area contributed by atoms with E-state index < -0.39 is 0 Å². The first kappa shape index (κ1) is 10.5. The maximum Gasteiger partial charge on any atom is 0.224 e. The zero-order chi connectivity index (χ0) is 11.4. The van der Waals surface area contributed by atoms with E-state index in [9.17, 15) is 4.79 Å². The standard InChI is InChI=1S/C11H12N4O/c12-15-14-10-3-1-8(2-4-10)7-11(16)13-9-5-6-9/h1-4,9H,5-7H2,(H,13,16). The highest BCUT2D eigenvalue weighted by Gasteiger charge is 2.22. The number of hydrogen-bond acceptors (Lipinski definition) is 2. The molecule has 0 heterocycles. The molecular formula is C11H12N4O. The molecule has 0 radical (unpaired) electrons. The van der Waals surface area contributed by atoms with E-state index in [1.54, 1.807) is 24.3 Å². The maximum absolute atomic E-state index is 11.5. The van der Waals surface area contributed by atoms with Crippen molar-refractivity contribution in [2.75, 3.05) is 0 Å². The van der Waals surface area contributed by atoms with Gasteiger partial charge in [0.25, 0.3) is 0 Å². The number of nitrogens with one attached hydrogen (secondary N) is 1. The molecule has 1 aromatic rings. The summed E-state index contributed by atoms with van der Waals surface area (Å²) in [6.45, 7) is 0. The third-order valence-corrected chi connectivity index (χ3v) is 2.40. The van der Waals surface area contributed by atoms with Gasteiger partial charge in [-0.15, -0.1) is 0 Å². The lowest BCUT2D eigenvalue weighted by Gasteiger charge is -2.03. The Morgan fingerprint density at radius 3 is 2.69 bits per heavy atom. The Balaban J connectivity index is 1.93. The van der Waals surface area contributed by atoms with Gasteiger partial charge in [0.1, 0.15) is 0 Å². The molecule has 2 rings (SSSR count). The molecule has 0 unspecified atom stereocenters. The lowest BCUT2D eigenvalue weighted by atomic mass is 10.1. The van der Waals surface area contributed by atoms with Gasteiger partial charge in [0.2, 0.25) is 5.91 Å². The third-order valence-electron chi connectivity index (χ3n) is 2.40. The molecule has 1 amide bonds. The lowest BCUT2D eigenvalue weighted by Crippen LogP contribution is -2.26. The maximum atomic E-state index is 11.5. The van der Waals surface area contributed by atoms with Crippen LogP contribution in [0.1, 0.15) is 18.4 Å². The molecule has 0 aliphatic heterocycles. The summed E-state index contributed by atoms with van der Waals surface area (Å²) in [4.78, 5) is 14.2. The van der Waals surface area contributed by atoms with Crippen molar-refractivity contribution in [2.24, 2.45) is 5.11 Å². The van der Waals surface area contributed by atoms with Crippen molar-refractivity contribution >= 4 is 11.6 Å². The summed E-state index contributed by atoms with van der Waals surface area (Å²) < 4.78 is 0. The summed E-state index contributed by atoms with van der Waals surface area (Å²) in [6, 6.07) is 7.42. The SMILES string of the molecule is [N-]=[N+]=Nc1ccc(CC(=O)NC2CC2)cc1. The average Bonchev–Trinajstić information content (AvgIpc) is 3.05. The van der Waals surface area contributed by atoms with Gasteiger partial charge in [-0.25, -0.2) is 0 Å². The highest BCUT2D eigenvalue weighted by atomic mass is 16.1. The van der Waals surface area contributed by atoms with E-state index in [1.807, 2.05) is 0 Å². The molecule has 1 fully saturated rings. The normalized spacial score (nSPS) is 14.0. The van der Waals surface area contributed by atoms with Crippen LogP contribution in [-0.4, -0.2) is 11.9 Å². The first-order valence-corrected chi connectivity index (χ1v) is 5.21. The van der Waals surface area contributed by atoms with Gasteiger partial charge in [-0.3, -0.25) is 4.79 Å². The van der Waals surface area contributed by atoms with Crippen LogP contribution in [-0.2, 0) is 11.2 Å². The average molecular weight is 216 g/mol. The van der Waals surface area contributed by atoms with Crippen LogP contribution < -0.4 is 5.32 Å². The van der Waals surface area contributed by atoms with Crippen LogP contribution in [0.15, 0.2) is 29.4 Å². The molecule has 0 atom stereocenters. The van der Waals surface area contributed by atoms with Crippen LogP contribution >= 0.6 is 0 Å². The Morgan fingerprint density at radius 1 is 1.44 bits per heavy atom. The molecule has 5 heteroatoms. The molecule has 16 heavy (non-hydrogen) atoms. The molecule has 5 nitrogen and oxygen atoms in total. The minimum atomic E-state index is 0.0547. The third kappa shape index (κ3) is 3.00. The van der Waals surface area contributed by atoms with Gasteiger partial charge < -0.3 is 5.32 Å². The van der Waals surface area contributed by atoms with E-state index in [1.165, 1.54) is 0 Å². The molecule has 82 valence electrons. The molecule has 1 saturated carbocycles. The molecule has 1 N–H and O–H groups in total. The van der Waals surface area contributed by atoms with E-state index in [-0.39, 0.29) is 5.91 Å². The quantitative estimate of drug-likeness (QED) is 0.468. The highest BCUT2D eigenvalue weighted by Crippen LogP contribution is 2.19. The minimum Gasteiger partial charge on any atom is -0.353 e. The predicted octanol–water partition coefficient (Wildman–Crippen LogP) is 2.45. The van der Waals surface area contributed by atoms with E-state index >= 15 is 0 Å². The van der Waals surface area contributed by atoms with Crippen molar-refractivity contribution in [1.82, 2.24) is 5.32 Å². The van der Waals surface area contributed by atoms with E-state index in [0.717, 1.165) is 18.4 Å². The zero-order valence-electron chi connectivity index (χ0n) is 8.76. The second-order valence-corrected chi connectivity index (χ2v) is 3.87. The number of amides is 1. The van der Waals surface area contributed by atoms with Crippen LogP contribution in [0.4, 0.5) is 5.69 Å². The fraction of sp³-hybridized carbons (Fsp3) is 0.364. The molecule has 0 saturated heterocycles. The van der Waals surface area contributed by atoms with Crippen LogP contribution in [0.3, 0.4) is 0 Å². The highest BCUT2D eigenvalue weighted by molar-refractivity contribution is 5.79. The van der Waals surface area contributed by atoms with Gasteiger partial charge >= 0.3 is 0 Å². The van der Waals surface area contributed by atoms with Crippen molar-refractivity contribution in [2.45, 2.75) is 25.3 Å². The molecule has 1 aliphatic carbocycles. The minimum absolute atomic E-state index is 0.0547. The Hall–Kier alpha value is -2.00. The number of carbonyl (C=O) groups excluding carboxylic acids is 1.